The van der Waals surface area contributed by atoms with E-state index in [-0.39, 0.29) is 10.8 Å². The molecule has 0 aliphatic heterocycles. The van der Waals surface area contributed by atoms with Crippen molar-refractivity contribution in [3.63, 3.8) is 0 Å². The van der Waals surface area contributed by atoms with Crippen molar-refractivity contribution in [2.24, 2.45) is 0 Å². The van der Waals surface area contributed by atoms with Gasteiger partial charge in [0, 0.05) is 22.6 Å². The highest BCUT2D eigenvalue weighted by atomic mass is 14.7. The van der Waals surface area contributed by atoms with Crippen LogP contribution < -0.4 is 0 Å². The van der Waals surface area contributed by atoms with Gasteiger partial charge >= 0.3 is 0 Å². The molecule has 0 bridgehead atoms. The smallest absolute Gasteiger partial charge is 0.0702 e. The SMILES string of the molecule is CC1(C)c2cc(-c3ccc4c(c3)C(C)(C)c3cc(-c5ccccn5)ccc3-4)ccc2-c2ccc(-c3ccc4cc(-c5ccc6ccccc6c5)ccc4c3)cc21. The molecule has 0 saturated carbocycles. The molecule has 8 aromatic carbocycles. The minimum atomic E-state index is -0.129. The van der Waals surface area contributed by atoms with Crippen molar-refractivity contribution < 1.29 is 0 Å². The van der Waals surface area contributed by atoms with E-state index in [2.05, 4.69) is 196 Å². The Balaban J connectivity index is 0.900. The molecule has 0 spiro atoms. The van der Waals surface area contributed by atoms with Gasteiger partial charge in [0.1, 0.15) is 0 Å². The van der Waals surface area contributed by atoms with Crippen molar-refractivity contribution >= 4 is 21.5 Å². The molecule has 0 atom stereocenters. The van der Waals surface area contributed by atoms with Gasteiger partial charge in [-0.05, 0) is 154 Å². The van der Waals surface area contributed by atoms with Gasteiger partial charge in [-0.1, -0.05) is 143 Å². The summed E-state index contributed by atoms with van der Waals surface area (Å²) >= 11 is 0. The summed E-state index contributed by atoms with van der Waals surface area (Å²) in [7, 11) is 0. The van der Waals surface area contributed by atoms with E-state index in [1.165, 1.54) is 105 Å². The van der Waals surface area contributed by atoms with Crippen molar-refractivity contribution in [2.45, 2.75) is 38.5 Å². The Morgan fingerprint density at radius 3 is 1.09 bits per heavy atom. The van der Waals surface area contributed by atoms with E-state index in [0.717, 1.165) is 5.69 Å². The average Bonchev–Trinajstić information content (AvgIpc) is 3.61. The Bertz CT molecular complexity index is 3070. The van der Waals surface area contributed by atoms with Gasteiger partial charge < -0.3 is 0 Å². The summed E-state index contributed by atoms with van der Waals surface area (Å²) in [5.41, 5.74) is 20.4. The molecule has 0 unspecified atom stereocenters. The van der Waals surface area contributed by atoms with Gasteiger partial charge in [0.25, 0.3) is 0 Å². The molecule has 0 saturated heterocycles. The highest BCUT2D eigenvalue weighted by Gasteiger charge is 2.38. The van der Waals surface area contributed by atoms with Crippen LogP contribution in [-0.4, -0.2) is 4.98 Å². The summed E-state index contributed by atoms with van der Waals surface area (Å²) < 4.78 is 0. The van der Waals surface area contributed by atoms with E-state index in [0.29, 0.717) is 0 Å². The number of hydrogen-bond acceptors (Lipinski definition) is 1. The zero-order chi connectivity index (χ0) is 37.8. The van der Waals surface area contributed by atoms with Crippen LogP contribution in [0, 0.1) is 0 Å². The largest absolute Gasteiger partial charge is 0.256 e. The number of pyridine rings is 1. The summed E-state index contributed by atoms with van der Waals surface area (Å²) in [5, 5.41) is 5.06. The molecular weight excluding hydrogens is 675 g/mol. The first-order valence-electron chi connectivity index (χ1n) is 19.8. The monoisotopic (exact) mass is 715 g/mol. The predicted octanol–water partition coefficient (Wildman–Crippen LogP) is 14.7. The molecule has 1 aromatic heterocycles. The van der Waals surface area contributed by atoms with Gasteiger partial charge in [-0.25, -0.2) is 0 Å². The number of rotatable bonds is 4. The predicted molar refractivity (Wildman–Crippen MR) is 236 cm³/mol. The fourth-order valence-electron chi connectivity index (χ4n) is 9.68. The Labute approximate surface area is 329 Å². The van der Waals surface area contributed by atoms with Crippen LogP contribution in [0.4, 0.5) is 0 Å². The number of aromatic nitrogens is 1. The van der Waals surface area contributed by atoms with E-state index in [1.807, 2.05) is 12.3 Å². The number of hydrogen-bond donors (Lipinski definition) is 0. The van der Waals surface area contributed by atoms with Crippen molar-refractivity contribution in [3.8, 4) is 66.9 Å². The first kappa shape index (κ1) is 32.8. The Morgan fingerprint density at radius 2 is 0.643 bits per heavy atom. The lowest BCUT2D eigenvalue weighted by atomic mass is 9.79. The molecule has 1 heteroatoms. The minimum absolute atomic E-state index is 0.115. The van der Waals surface area contributed by atoms with Gasteiger partial charge in [-0.3, -0.25) is 4.98 Å². The van der Waals surface area contributed by atoms with Crippen LogP contribution in [0.5, 0.6) is 0 Å². The second-order valence-electron chi connectivity index (χ2n) is 16.8. The molecule has 2 aliphatic carbocycles. The first-order valence-corrected chi connectivity index (χ1v) is 19.8. The topological polar surface area (TPSA) is 12.9 Å². The van der Waals surface area contributed by atoms with Crippen molar-refractivity contribution in [3.05, 3.63) is 198 Å². The van der Waals surface area contributed by atoms with Gasteiger partial charge in [0.2, 0.25) is 0 Å². The molecule has 11 rings (SSSR count). The van der Waals surface area contributed by atoms with Crippen molar-refractivity contribution in [1.29, 1.82) is 0 Å². The van der Waals surface area contributed by atoms with Crippen LogP contribution in [0.1, 0.15) is 49.9 Å². The molecule has 0 N–H and O–H groups in total. The third kappa shape index (κ3) is 4.97. The molecule has 1 heterocycles. The molecule has 56 heavy (non-hydrogen) atoms. The molecule has 266 valence electrons. The van der Waals surface area contributed by atoms with Gasteiger partial charge in [-0.2, -0.15) is 0 Å². The normalized spacial score (nSPS) is 14.4. The van der Waals surface area contributed by atoms with Crippen molar-refractivity contribution in [1.82, 2.24) is 4.98 Å². The fourth-order valence-corrected chi connectivity index (χ4v) is 9.68. The standard InChI is InChI=1S/C55H41N/c1-54(2)49-30-41(40-17-16-38-28-37(14-15-39(38)29-40)36-13-12-34-9-5-6-10-35(34)27-36)18-22-45(49)46-23-19-42(31-50(46)54)43-20-24-47-48-25-21-44(53-11-7-8-26-56-53)33-52(48)55(3,4)51(47)32-43/h5-33H,1-4H3. The number of fused-ring (bicyclic) bond motifs is 8. The Morgan fingerprint density at radius 1 is 0.304 bits per heavy atom. The van der Waals surface area contributed by atoms with Crippen molar-refractivity contribution in [2.75, 3.05) is 0 Å². The number of benzene rings is 8. The lowest BCUT2D eigenvalue weighted by Gasteiger charge is -2.24. The summed E-state index contributed by atoms with van der Waals surface area (Å²) in [6, 6.07) is 63.4. The van der Waals surface area contributed by atoms with Crippen LogP contribution in [0.3, 0.4) is 0 Å². The second kappa shape index (κ2) is 12.0. The Hall–Kier alpha value is -6.57. The first-order chi connectivity index (χ1) is 27.2. The summed E-state index contributed by atoms with van der Waals surface area (Å²) in [6.07, 6.45) is 1.87. The lowest BCUT2D eigenvalue weighted by molar-refractivity contribution is 0.659. The second-order valence-corrected chi connectivity index (χ2v) is 16.8. The van der Waals surface area contributed by atoms with Crippen LogP contribution in [0.25, 0.3) is 88.4 Å². The van der Waals surface area contributed by atoms with E-state index >= 15 is 0 Å². The molecule has 0 fully saturated rings. The summed E-state index contributed by atoms with van der Waals surface area (Å²) in [4.78, 5) is 4.63. The van der Waals surface area contributed by atoms with Gasteiger partial charge in [-0.15, -0.1) is 0 Å². The fraction of sp³-hybridized carbons (Fsp3) is 0.109. The summed E-state index contributed by atoms with van der Waals surface area (Å²) in [6.45, 7) is 9.51. The van der Waals surface area contributed by atoms with E-state index < -0.39 is 0 Å². The van der Waals surface area contributed by atoms with E-state index in [4.69, 9.17) is 0 Å². The zero-order valence-electron chi connectivity index (χ0n) is 32.2. The lowest BCUT2D eigenvalue weighted by Crippen LogP contribution is -2.15. The molecular formula is C55H41N. The average molecular weight is 716 g/mol. The van der Waals surface area contributed by atoms with Crippen LogP contribution in [0.2, 0.25) is 0 Å². The third-order valence-corrected chi connectivity index (χ3v) is 12.9. The quantitative estimate of drug-likeness (QED) is 0.177. The highest BCUT2D eigenvalue weighted by Crippen LogP contribution is 2.53. The van der Waals surface area contributed by atoms with E-state index in [1.54, 1.807) is 0 Å². The molecule has 2 aliphatic rings. The molecule has 0 radical (unpaired) electrons. The minimum Gasteiger partial charge on any atom is -0.256 e. The van der Waals surface area contributed by atoms with Crippen LogP contribution in [0.15, 0.2) is 176 Å². The zero-order valence-corrected chi connectivity index (χ0v) is 32.2. The maximum absolute atomic E-state index is 4.63. The van der Waals surface area contributed by atoms with Gasteiger partial charge in [0.15, 0.2) is 0 Å². The van der Waals surface area contributed by atoms with E-state index in [9.17, 15) is 0 Å². The molecule has 0 amide bonds. The van der Waals surface area contributed by atoms with Crippen LogP contribution in [-0.2, 0) is 10.8 Å². The maximum Gasteiger partial charge on any atom is 0.0702 e. The number of nitrogens with zero attached hydrogens (tertiary/aromatic N) is 1. The summed E-state index contributed by atoms with van der Waals surface area (Å²) in [5.74, 6) is 0. The van der Waals surface area contributed by atoms with Crippen LogP contribution >= 0.6 is 0 Å². The Kier molecular flexibility index (Phi) is 7.01. The van der Waals surface area contributed by atoms with Gasteiger partial charge in [0.05, 0.1) is 5.69 Å². The molecule has 9 aromatic rings. The molecule has 1 nitrogen and oxygen atoms in total. The maximum atomic E-state index is 4.63. The third-order valence-electron chi connectivity index (χ3n) is 12.9. The highest BCUT2D eigenvalue weighted by molar-refractivity contribution is 5.94.